The average Bonchev–Trinajstić information content (AvgIpc) is 2.60. The number of hydrogen-bond acceptors (Lipinski definition) is 5. The third kappa shape index (κ3) is 4.84. The molecular formula is C18H21NO4S2. The van der Waals surface area contributed by atoms with Crippen molar-refractivity contribution in [2.75, 3.05) is 6.26 Å². The van der Waals surface area contributed by atoms with Crippen molar-refractivity contribution in [2.45, 2.75) is 34.3 Å². The fraction of sp³-hybridized carbons (Fsp3) is 0.278. The van der Waals surface area contributed by atoms with Crippen molar-refractivity contribution < 1.29 is 18.4 Å². The largest absolute Gasteiger partial charge is 0.289 e. The van der Waals surface area contributed by atoms with Crippen LogP contribution in [0, 0.1) is 0 Å². The first-order chi connectivity index (χ1) is 11.8. The fourth-order valence-electron chi connectivity index (χ4n) is 2.32. The molecule has 2 rings (SSSR count). The van der Waals surface area contributed by atoms with E-state index in [0.29, 0.717) is 6.42 Å². The van der Waals surface area contributed by atoms with E-state index in [2.05, 4.69) is 0 Å². The highest BCUT2D eigenvalue weighted by Crippen LogP contribution is 2.28. The number of rotatable bonds is 7. The predicted molar refractivity (Wildman–Crippen MR) is 98.5 cm³/mol. The summed E-state index contributed by atoms with van der Waals surface area (Å²) in [4.78, 5) is 14.0. The van der Waals surface area contributed by atoms with Gasteiger partial charge in [0.15, 0.2) is 9.84 Å². The second-order valence-electron chi connectivity index (χ2n) is 6.00. The minimum absolute atomic E-state index is 0.0867. The molecule has 0 aliphatic carbocycles. The van der Waals surface area contributed by atoms with Gasteiger partial charge in [0.25, 0.3) is 5.91 Å². The first-order valence-corrected chi connectivity index (χ1v) is 10.4. The van der Waals surface area contributed by atoms with E-state index < -0.39 is 20.5 Å². The monoisotopic (exact) mass is 379 g/mol. The van der Waals surface area contributed by atoms with Crippen LogP contribution < -0.4 is 5.48 Å². The molecule has 2 aromatic rings. The van der Waals surface area contributed by atoms with Crippen LogP contribution in [0.2, 0.25) is 0 Å². The summed E-state index contributed by atoms with van der Waals surface area (Å²) in [5.74, 6) is -0.911. The summed E-state index contributed by atoms with van der Waals surface area (Å²) in [6.07, 6.45) is 1.50. The van der Waals surface area contributed by atoms with Crippen LogP contribution in [0.25, 0.3) is 0 Å². The molecule has 0 heterocycles. The van der Waals surface area contributed by atoms with Gasteiger partial charge in [0.05, 0.1) is 0 Å². The van der Waals surface area contributed by atoms with E-state index in [1.54, 1.807) is 11.8 Å². The minimum atomic E-state index is -3.67. The molecule has 134 valence electrons. The molecule has 0 unspecified atom stereocenters. The number of carbonyl (C=O) groups is 1. The Morgan fingerprint density at radius 1 is 1.08 bits per heavy atom. The first-order valence-electron chi connectivity index (χ1n) is 7.72. The van der Waals surface area contributed by atoms with Crippen LogP contribution in [0.15, 0.2) is 64.4 Å². The van der Waals surface area contributed by atoms with Crippen molar-refractivity contribution in [3.05, 3.63) is 60.2 Å². The van der Waals surface area contributed by atoms with Gasteiger partial charge in [-0.1, -0.05) is 42.1 Å². The lowest BCUT2D eigenvalue weighted by Gasteiger charge is -2.25. The van der Waals surface area contributed by atoms with Gasteiger partial charge in [0.1, 0.15) is 4.75 Å². The van der Waals surface area contributed by atoms with E-state index >= 15 is 0 Å². The highest BCUT2D eigenvalue weighted by atomic mass is 32.2. The maximum Gasteiger partial charge on any atom is 0.264 e. The number of hydroxylamine groups is 1. The van der Waals surface area contributed by atoms with Crippen LogP contribution in [0.4, 0.5) is 0 Å². The second kappa shape index (κ2) is 8.03. The van der Waals surface area contributed by atoms with Gasteiger partial charge in [-0.15, -0.1) is 0 Å². The molecule has 0 saturated carbocycles. The summed E-state index contributed by atoms with van der Waals surface area (Å²) in [5.41, 5.74) is 2.39. The number of hydrogen-bond donors (Lipinski definition) is 2. The molecule has 2 aromatic carbocycles. The number of benzene rings is 2. The topological polar surface area (TPSA) is 83.5 Å². The van der Waals surface area contributed by atoms with Gasteiger partial charge in [-0.2, -0.15) is 0 Å². The number of carbonyl (C=O) groups excluding carboxylic acids is 1. The van der Waals surface area contributed by atoms with E-state index in [0.717, 1.165) is 21.6 Å². The molecule has 5 nitrogen and oxygen atoms in total. The molecule has 0 radical (unpaired) electrons. The minimum Gasteiger partial charge on any atom is -0.289 e. The Balaban J connectivity index is 2.07. The van der Waals surface area contributed by atoms with Gasteiger partial charge >= 0.3 is 0 Å². The van der Waals surface area contributed by atoms with Gasteiger partial charge in [-0.3, -0.25) is 10.0 Å². The van der Waals surface area contributed by atoms with Crippen LogP contribution >= 0.6 is 11.8 Å². The molecule has 0 spiro atoms. The summed E-state index contributed by atoms with van der Waals surface area (Å²) in [6, 6.07) is 17.8. The first kappa shape index (κ1) is 19.5. The summed E-state index contributed by atoms with van der Waals surface area (Å²) in [6.45, 7) is 1.33. The Hall–Kier alpha value is -1.83. The average molecular weight is 380 g/mol. The van der Waals surface area contributed by atoms with Gasteiger partial charge in [0.2, 0.25) is 0 Å². The predicted octanol–water partition coefficient (Wildman–Crippen LogP) is 3.08. The Bertz CT molecular complexity index is 820. The Kier molecular flexibility index (Phi) is 6.26. The van der Waals surface area contributed by atoms with Crippen LogP contribution in [-0.2, 0) is 21.1 Å². The van der Waals surface area contributed by atoms with Crippen LogP contribution in [0.5, 0.6) is 0 Å². The molecule has 1 atom stereocenters. The molecule has 0 aliphatic heterocycles. The normalized spacial score (nSPS) is 13.9. The summed E-state index contributed by atoms with van der Waals surface area (Å²) < 4.78 is 22.2. The van der Waals surface area contributed by atoms with Crippen molar-refractivity contribution in [3.8, 4) is 0 Å². The van der Waals surface area contributed by atoms with Crippen molar-refractivity contribution in [1.82, 2.24) is 5.48 Å². The maximum absolute atomic E-state index is 12.0. The molecule has 25 heavy (non-hydrogen) atoms. The van der Waals surface area contributed by atoms with Gasteiger partial charge in [0, 0.05) is 16.0 Å². The highest BCUT2D eigenvalue weighted by Gasteiger charge is 2.43. The zero-order valence-electron chi connectivity index (χ0n) is 14.1. The van der Waals surface area contributed by atoms with E-state index in [1.165, 1.54) is 12.4 Å². The van der Waals surface area contributed by atoms with Crippen LogP contribution in [0.1, 0.15) is 18.9 Å². The number of aryl methyl sites for hydroxylation is 1. The van der Waals surface area contributed by atoms with Gasteiger partial charge in [-0.05, 0) is 49.6 Å². The lowest BCUT2D eigenvalue weighted by Crippen LogP contribution is -2.49. The fourth-order valence-corrected chi connectivity index (χ4v) is 4.01. The van der Waals surface area contributed by atoms with Crippen LogP contribution in [-0.4, -0.2) is 30.5 Å². The van der Waals surface area contributed by atoms with Crippen molar-refractivity contribution in [1.29, 1.82) is 0 Å². The maximum atomic E-state index is 12.0. The zero-order chi connectivity index (χ0) is 18.5. The molecule has 2 N–H and O–H groups in total. The van der Waals surface area contributed by atoms with Crippen molar-refractivity contribution >= 4 is 27.5 Å². The van der Waals surface area contributed by atoms with Crippen LogP contribution in [0.3, 0.4) is 0 Å². The van der Waals surface area contributed by atoms with Gasteiger partial charge < -0.3 is 0 Å². The van der Waals surface area contributed by atoms with E-state index in [4.69, 9.17) is 5.21 Å². The molecule has 1 amide bonds. The molecular weight excluding hydrogens is 358 g/mol. The van der Waals surface area contributed by atoms with Crippen molar-refractivity contribution in [3.63, 3.8) is 0 Å². The second-order valence-corrected chi connectivity index (χ2v) is 9.60. The quantitative estimate of drug-likeness (QED) is 0.571. The molecule has 0 aromatic heterocycles. The zero-order valence-corrected chi connectivity index (χ0v) is 15.7. The molecule has 0 aliphatic rings. The lowest BCUT2D eigenvalue weighted by molar-refractivity contribution is -0.131. The number of amides is 1. The van der Waals surface area contributed by atoms with E-state index in [9.17, 15) is 13.2 Å². The molecule has 0 bridgehead atoms. The third-order valence-corrected chi connectivity index (χ3v) is 7.24. The van der Waals surface area contributed by atoms with Crippen molar-refractivity contribution in [2.24, 2.45) is 0 Å². The highest BCUT2D eigenvalue weighted by molar-refractivity contribution is 7.99. The Morgan fingerprint density at radius 3 is 2.16 bits per heavy atom. The standard InChI is InChI=1S/C18H21NO4S2/c1-18(17(20)19-21,25(2,22)23)13-12-14-8-10-16(11-9-14)24-15-6-4-3-5-7-15/h3-11,21H,12-13H2,1-2H3,(H,19,20)/t18-/m1/s1. The number of sulfone groups is 1. The SMILES string of the molecule is C[C@@](CCc1ccc(Sc2ccccc2)cc1)(C(=O)NO)S(C)(=O)=O. The molecule has 0 saturated heterocycles. The summed E-state index contributed by atoms with van der Waals surface area (Å²) in [5, 5.41) is 8.84. The van der Waals surface area contributed by atoms with Gasteiger partial charge in [-0.25, -0.2) is 13.9 Å². The lowest BCUT2D eigenvalue weighted by atomic mass is 9.99. The third-order valence-electron chi connectivity index (χ3n) is 4.19. The molecule has 7 heteroatoms. The molecule has 0 fully saturated rings. The van der Waals surface area contributed by atoms with E-state index in [-0.39, 0.29) is 6.42 Å². The summed E-state index contributed by atoms with van der Waals surface area (Å²) in [7, 11) is -3.67. The summed E-state index contributed by atoms with van der Waals surface area (Å²) >= 11 is 1.64. The number of nitrogens with one attached hydrogen (secondary N) is 1. The smallest absolute Gasteiger partial charge is 0.264 e. The Morgan fingerprint density at radius 2 is 1.64 bits per heavy atom. The Labute approximate surface area is 152 Å². The van der Waals surface area contributed by atoms with E-state index in [1.807, 2.05) is 54.6 Å².